The molecule has 0 atom stereocenters. The molecular weight excluding hydrogens is 305 g/mol. The Balaban J connectivity index is 1.95. The van der Waals surface area contributed by atoms with Crippen molar-refractivity contribution in [1.29, 1.82) is 0 Å². The number of rotatable bonds is 3. The minimum absolute atomic E-state index is 0.453. The van der Waals surface area contributed by atoms with Crippen LogP contribution < -0.4 is 5.32 Å². The monoisotopic (exact) mass is 311 g/mol. The van der Waals surface area contributed by atoms with Crippen LogP contribution in [0.5, 0.6) is 0 Å². The average molecular weight is 312 g/mol. The van der Waals surface area contributed by atoms with Gasteiger partial charge in [0.2, 0.25) is 0 Å². The molecule has 3 rings (SSSR count). The van der Waals surface area contributed by atoms with Crippen LogP contribution in [0.4, 0.5) is 5.69 Å². The van der Waals surface area contributed by atoms with Crippen molar-refractivity contribution >= 4 is 51.7 Å². The van der Waals surface area contributed by atoms with E-state index >= 15 is 0 Å². The van der Waals surface area contributed by atoms with Crippen molar-refractivity contribution in [2.45, 2.75) is 6.54 Å². The number of anilines is 1. The molecule has 0 aliphatic rings. The number of aromatic nitrogens is 4. The maximum Gasteiger partial charge on any atom is 0.147 e. The third kappa shape index (κ3) is 2.47. The zero-order valence-corrected chi connectivity index (χ0v) is 11.8. The summed E-state index contributed by atoms with van der Waals surface area (Å²) in [6.07, 6.45) is 3.38. The smallest absolute Gasteiger partial charge is 0.147 e. The largest absolute Gasteiger partial charge is 0.375 e. The van der Waals surface area contributed by atoms with E-state index in [1.807, 2.05) is 0 Å². The van der Waals surface area contributed by atoms with Gasteiger partial charge in [-0.2, -0.15) is 8.75 Å². The summed E-state index contributed by atoms with van der Waals surface area (Å²) in [6, 6.07) is 3.42. The Labute approximate surface area is 122 Å². The van der Waals surface area contributed by atoms with Gasteiger partial charge in [-0.05, 0) is 12.1 Å². The molecule has 0 amide bonds. The van der Waals surface area contributed by atoms with Crippen molar-refractivity contribution in [3.05, 3.63) is 40.4 Å². The van der Waals surface area contributed by atoms with E-state index in [4.69, 9.17) is 23.2 Å². The van der Waals surface area contributed by atoms with Crippen LogP contribution in [0.1, 0.15) is 5.82 Å². The first-order valence-electron chi connectivity index (χ1n) is 5.36. The first kappa shape index (κ1) is 12.5. The van der Waals surface area contributed by atoms with Crippen molar-refractivity contribution in [3.8, 4) is 0 Å². The molecule has 0 aliphatic heterocycles. The number of halogens is 2. The van der Waals surface area contributed by atoms with Crippen LogP contribution in [0.3, 0.4) is 0 Å². The highest BCUT2D eigenvalue weighted by molar-refractivity contribution is 7.00. The van der Waals surface area contributed by atoms with Crippen molar-refractivity contribution in [3.63, 3.8) is 0 Å². The summed E-state index contributed by atoms with van der Waals surface area (Å²) < 4.78 is 8.35. The van der Waals surface area contributed by atoms with Crippen LogP contribution in [0.15, 0.2) is 24.5 Å². The summed E-state index contributed by atoms with van der Waals surface area (Å²) in [5, 5.41) is 4.17. The van der Waals surface area contributed by atoms with Gasteiger partial charge in [0.1, 0.15) is 16.9 Å². The lowest BCUT2D eigenvalue weighted by Gasteiger charge is -2.08. The molecule has 2 aromatic heterocycles. The maximum absolute atomic E-state index is 6.18. The van der Waals surface area contributed by atoms with E-state index in [9.17, 15) is 0 Å². The number of benzene rings is 1. The van der Waals surface area contributed by atoms with E-state index < -0.39 is 0 Å². The molecule has 5 nitrogen and oxygen atoms in total. The molecule has 3 aromatic rings. The second-order valence-corrected chi connectivity index (χ2v) is 5.04. The fraction of sp³-hybridized carbons (Fsp3) is 0.0909. The van der Waals surface area contributed by atoms with Crippen LogP contribution in [0.25, 0.3) is 11.0 Å². The zero-order valence-electron chi connectivity index (χ0n) is 9.47. The third-order valence-electron chi connectivity index (χ3n) is 2.49. The van der Waals surface area contributed by atoms with E-state index in [-0.39, 0.29) is 0 Å². The molecule has 0 unspecified atom stereocenters. The lowest BCUT2D eigenvalue weighted by atomic mass is 10.2. The molecule has 1 aromatic carbocycles. The zero-order chi connectivity index (χ0) is 13.2. The lowest BCUT2D eigenvalue weighted by molar-refractivity contribution is 0.949. The number of nitrogens with zero attached hydrogens (tertiary/aromatic N) is 4. The molecule has 8 heteroatoms. The number of hydrogen-bond donors (Lipinski definition) is 1. The molecule has 0 bridgehead atoms. The van der Waals surface area contributed by atoms with Gasteiger partial charge in [-0.15, -0.1) is 0 Å². The molecule has 1 N–H and O–H groups in total. The number of fused-ring (bicyclic) bond motifs is 1. The molecule has 2 heterocycles. The average Bonchev–Trinajstić information content (AvgIpc) is 2.89. The van der Waals surface area contributed by atoms with Crippen LogP contribution >= 0.6 is 34.9 Å². The summed E-state index contributed by atoms with van der Waals surface area (Å²) in [6.45, 7) is 0.453. The summed E-state index contributed by atoms with van der Waals surface area (Å²) >= 11 is 13.3. The predicted molar refractivity (Wildman–Crippen MR) is 76.8 cm³/mol. The third-order valence-corrected chi connectivity index (χ3v) is 3.60. The summed E-state index contributed by atoms with van der Waals surface area (Å²) in [4.78, 5) is 8.27. The first-order valence-corrected chi connectivity index (χ1v) is 6.84. The fourth-order valence-electron chi connectivity index (χ4n) is 1.63. The Kier molecular flexibility index (Phi) is 3.46. The van der Waals surface area contributed by atoms with E-state index in [1.165, 1.54) is 0 Å². The Morgan fingerprint density at radius 2 is 1.79 bits per heavy atom. The maximum atomic E-state index is 6.18. The van der Waals surface area contributed by atoms with Crippen LogP contribution in [0, 0.1) is 0 Å². The van der Waals surface area contributed by atoms with Gasteiger partial charge in [-0.1, -0.05) is 23.2 Å². The highest BCUT2D eigenvalue weighted by Gasteiger charge is 2.13. The number of hydrogen-bond acceptors (Lipinski definition) is 6. The van der Waals surface area contributed by atoms with E-state index in [0.29, 0.717) is 39.1 Å². The van der Waals surface area contributed by atoms with Crippen molar-refractivity contribution in [2.75, 3.05) is 5.32 Å². The molecule has 0 radical (unpaired) electrons. The van der Waals surface area contributed by atoms with Crippen LogP contribution in [-0.2, 0) is 6.54 Å². The normalized spacial score (nSPS) is 10.8. The van der Waals surface area contributed by atoms with Gasteiger partial charge >= 0.3 is 0 Å². The van der Waals surface area contributed by atoms with Crippen molar-refractivity contribution in [1.82, 2.24) is 18.7 Å². The van der Waals surface area contributed by atoms with Gasteiger partial charge in [0.05, 0.1) is 34.0 Å². The van der Waals surface area contributed by atoms with Crippen molar-refractivity contribution in [2.24, 2.45) is 0 Å². The van der Waals surface area contributed by atoms with Gasteiger partial charge in [-0.3, -0.25) is 0 Å². The highest BCUT2D eigenvalue weighted by Crippen LogP contribution is 2.35. The molecule has 0 aliphatic carbocycles. The molecule has 0 fully saturated rings. The van der Waals surface area contributed by atoms with Gasteiger partial charge in [0, 0.05) is 12.4 Å². The van der Waals surface area contributed by atoms with E-state index in [1.54, 1.807) is 24.5 Å². The highest BCUT2D eigenvalue weighted by atomic mass is 35.5. The number of nitrogens with one attached hydrogen (secondary N) is 1. The quantitative estimate of drug-likeness (QED) is 0.803. The van der Waals surface area contributed by atoms with Gasteiger partial charge in [-0.25, -0.2) is 9.97 Å². The first-order chi connectivity index (χ1) is 9.25. The van der Waals surface area contributed by atoms with Crippen molar-refractivity contribution < 1.29 is 0 Å². The molecular formula is C11H7Cl2N5S. The second kappa shape index (κ2) is 5.24. The van der Waals surface area contributed by atoms with Gasteiger partial charge < -0.3 is 5.32 Å². The topological polar surface area (TPSA) is 63.6 Å². The minimum Gasteiger partial charge on any atom is -0.375 e. The Morgan fingerprint density at radius 1 is 1.05 bits per heavy atom. The molecule has 96 valence electrons. The minimum atomic E-state index is 0.453. The predicted octanol–water partition coefficient (Wildman–Crippen LogP) is 3.40. The fourth-order valence-corrected chi connectivity index (χ4v) is 2.81. The molecule has 19 heavy (non-hydrogen) atoms. The lowest BCUT2D eigenvalue weighted by Crippen LogP contribution is -2.04. The molecule has 0 spiro atoms. The summed E-state index contributed by atoms with van der Waals surface area (Å²) in [5.41, 5.74) is 2.01. The van der Waals surface area contributed by atoms with Gasteiger partial charge in [0.25, 0.3) is 0 Å². The standard InChI is InChI=1S/C11H7Cl2N5S/c12-6-4-7(13)10-11(18-19-17-10)9(6)16-5-8-14-2-1-3-15-8/h1-4,16H,5H2. The Bertz CT molecular complexity index is 716. The van der Waals surface area contributed by atoms with Crippen LogP contribution in [0.2, 0.25) is 10.0 Å². The Morgan fingerprint density at radius 3 is 2.58 bits per heavy atom. The summed E-state index contributed by atoms with van der Waals surface area (Å²) in [7, 11) is 0. The molecule has 0 saturated heterocycles. The SMILES string of the molecule is Clc1cc(Cl)c2nsnc2c1NCc1ncccn1. The molecule has 0 saturated carbocycles. The second-order valence-electron chi connectivity index (χ2n) is 3.70. The van der Waals surface area contributed by atoms with E-state index in [2.05, 4.69) is 24.0 Å². The van der Waals surface area contributed by atoms with E-state index in [0.717, 1.165) is 11.7 Å². The summed E-state index contributed by atoms with van der Waals surface area (Å²) in [5.74, 6) is 0.671. The Hall–Kier alpha value is -1.50. The van der Waals surface area contributed by atoms with Crippen LogP contribution in [-0.4, -0.2) is 18.7 Å². The van der Waals surface area contributed by atoms with Gasteiger partial charge in [0.15, 0.2) is 0 Å².